The molecule has 3 N–H and O–H groups in total. The summed E-state index contributed by atoms with van der Waals surface area (Å²) in [4.78, 5) is 8.03. The van der Waals surface area contributed by atoms with Crippen LogP contribution in [0.5, 0.6) is 0 Å². The average molecular weight is 192 g/mol. The van der Waals surface area contributed by atoms with E-state index in [1.807, 2.05) is 0 Å². The van der Waals surface area contributed by atoms with Crippen molar-refractivity contribution in [1.29, 1.82) is 0 Å². The Morgan fingerprint density at radius 1 is 1.86 bits per heavy atom. The van der Waals surface area contributed by atoms with E-state index in [0.717, 1.165) is 6.66 Å². The van der Waals surface area contributed by atoms with Crippen LogP contribution in [0.4, 0.5) is 0 Å². The molecule has 7 heavy (non-hydrogen) atoms. The van der Waals surface area contributed by atoms with E-state index in [4.69, 9.17) is 4.89 Å². The predicted octanol–water partition coefficient (Wildman–Crippen LogP) is 0.270. The van der Waals surface area contributed by atoms with Gasteiger partial charge in [-0.05, 0) is 0 Å². The average Bonchev–Trinajstić information content (AvgIpc) is 1.35. The first kappa shape index (κ1) is 10.5. The minimum atomic E-state index is -3.37. The van der Waals surface area contributed by atoms with Crippen LogP contribution < -0.4 is 5.90 Å². The molecular formula is CH7BrNO3P. The molecule has 0 aliphatic heterocycles. The summed E-state index contributed by atoms with van der Waals surface area (Å²) in [5, 5.41) is 0. The van der Waals surface area contributed by atoms with Gasteiger partial charge in [0, 0.05) is 6.66 Å². The summed E-state index contributed by atoms with van der Waals surface area (Å²) in [6.07, 6.45) is 0. The van der Waals surface area contributed by atoms with Gasteiger partial charge in [0.1, 0.15) is 0 Å². The van der Waals surface area contributed by atoms with Crippen LogP contribution in [-0.2, 0) is 9.19 Å². The molecule has 0 fully saturated rings. The lowest BCUT2D eigenvalue weighted by Gasteiger charge is -1.94. The highest BCUT2D eigenvalue weighted by Crippen LogP contribution is 2.32. The van der Waals surface area contributed by atoms with Gasteiger partial charge in [-0.25, -0.2) is 10.5 Å². The molecule has 0 rings (SSSR count). The third-order valence-electron chi connectivity index (χ3n) is 0.196. The number of hydrogen-bond acceptors (Lipinski definition) is 3. The predicted molar refractivity (Wildman–Crippen MR) is 31.3 cm³/mol. The normalized spacial score (nSPS) is 17.0. The molecule has 0 aliphatic rings. The van der Waals surface area contributed by atoms with Crippen molar-refractivity contribution in [1.82, 2.24) is 0 Å². The van der Waals surface area contributed by atoms with Gasteiger partial charge in [-0.1, -0.05) is 0 Å². The zero-order chi connectivity index (χ0) is 5.21. The highest BCUT2D eigenvalue weighted by molar-refractivity contribution is 8.93. The van der Waals surface area contributed by atoms with Gasteiger partial charge in [-0.3, -0.25) is 4.57 Å². The second-order valence-electron chi connectivity index (χ2n) is 0.908. The highest BCUT2D eigenvalue weighted by atomic mass is 79.9. The fourth-order valence-corrected chi connectivity index (χ4v) is 0. The lowest BCUT2D eigenvalue weighted by Crippen LogP contribution is -1.93. The van der Waals surface area contributed by atoms with E-state index in [9.17, 15) is 4.57 Å². The van der Waals surface area contributed by atoms with Crippen molar-refractivity contribution < 1.29 is 14.1 Å². The third-order valence-corrected chi connectivity index (χ3v) is 0.587. The maximum absolute atomic E-state index is 9.79. The van der Waals surface area contributed by atoms with Crippen LogP contribution >= 0.6 is 24.6 Å². The van der Waals surface area contributed by atoms with Gasteiger partial charge in [0.25, 0.3) is 0 Å². The molecule has 0 aromatic carbocycles. The first-order valence-electron chi connectivity index (χ1n) is 1.25. The van der Waals surface area contributed by atoms with Gasteiger partial charge in [0.2, 0.25) is 0 Å². The standard InChI is InChI=1S/CH6NO3P.BrH/c1-6(3,4)5-2;/h2H2,1H3,(H,3,4);1H. The van der Waals surface area contributed by atoms with E-state index in [1.54, 1.807) is 0 Å². The first-order chi connectivity index (χ1) is 2.56. The SMILES string of the molecule is Br.CP(=O)(O)ON. The Morgan fingerprint density at radius 2 is 2.00 bits per heavy atom. The molecule has 0 spiro atoms. The smallest absolute Gasteiger partial charge is 0.324 e. The van der Waals surface area contributed by atoms with Gasteiger partial charge in [-0.15, -0.1) is 17.0 Å². The minimum Gasteiger partial charge on any atom is -0.324 e. The van der Waals surface area contributed by atoms with E-state index < -0.39 is 7.60 Å². The van der Waals surface area contributed by atoms with E-state index in [2.05, 4.69) is 10.5 Å². The zero-order valence-corrected chi connectivity index (χ0v) is 6.30. The van der Waals surface area contributed by atoms with Crippen molar-refractivity contribution in [3.05, 3.63) is 0 Å². The topological polar surface area (TPSA) is 72.5 Å². The van der Waals surface area contributed by atoms with E-state index in [0.29, 0.717) is 0 Å². The van der Waals surface area contributed by atoms with Crippen LogP contribution in [0.3, 0.4) is 0 Å². The largest absolute Gasteiger partial charge is 0.341 e. The summed E-state index contributed by atoms with van der Waals surface area (Å²) in [6.45, 7) is 1.01. The molecular weight excluding hydrogens is 185 g/mol. The van der Waals surface area contributed by atoms with Gasteiger partial charge in [0.15, 0.2) is 0 Å². The van der Waals surface area contributed by atoms with Crippen LogP contribution in [0.15, 0.2) is 0 Å². The van der Waals surface area contributed by atoms with E-state index in [1.165, 1.54) is 0 Å². The molecule has 0 saturated carbocycles. The molecule has 0 aliphatic carbocycles. The van der Waals surface area contributed by atoms with Crippen molar-refractivity contribution >= 4 is 24.6 Å². The molecule has 1 unspecified atom stereocenters. The maximum atomic E-state index is 9.79. The number of hydrogen-bond donors (Lipinski definition) is 2. The molecule has 46 valence electrons. The Kier molecular flexibility index (Phi) is 5.39. The van der Waals surface area contributed by atoms with Crippen molar-refractivity contribution in [3.63, 3.8) is 0 Å². The first-order valence-corrected chi connectivity index (χ1v) is 3.27. The minimum absolute atomic E-state index is 0. The second-order valence-corrected chi connectivity index (χ2v) is 2.73. The van der Waals surface area contributed by atoms with Gasteiger partial charge in [-0.2, -0.15) is 0 Å². The number of nitrogens with two attached hydrogens (primary N) is 1. The lowest BCUT2D eigenvalue weighted by atomic mass is 12.0. The molecule has 0 radical (unpaired) electrons. The molecule has 4 nitrogen and oxygen atoms in total. The summed E-state index contributed by atoms with van der Waals surface area (Å²) in [6, 6.07) is 0. The van der Waals surface area contributed by atoms with Crippen molar-refractivity contribution in [2.24, 2.45) is 5.90 Å². The molecule has 0 bridgehead atoms. The van der Waals surface area contributed by atoms with Gasteiger partial charge >= 0.3 is 7.60 Å². The molecule has 0 heterocycles. The van der Waals surface area contributed by atoms with Crippen LogP contribution in [0.1, 0.15) is 0 Å². The van der Waals surface area contributed by atoms with E-state index in [-0.39, 0.29) is 17.0 Å². The second kappa shape index (κ2) is 3.57. The van der Waals surface area contributed by atoms with Crippen LogP contribution in [0.25, 0.3) is 0 Å². The molecule has 1 atom stereocenters. The Hall–Kier alpha value is 0.590. The molecule has 0 saturated heterocycles. The Bertz CT molecular complexity index is 79.0. The summed E-state index contributed by atoms with van der Waals surface area (Å²) in [5.41, 5.74) is 0. The quantitative estimate of drug-likeness (QED) is 0.461. The van der Waals surface area contributed by atoms with Crippen molar-refractivity contribution in [2.45, 2.75) is 0 Å². The summed E-state index contributed by atoms with van der Waals surface area (Å²) in [5.74, 6) is 4.29. The van der Waals surface area contributed by atoms with Crippen LogP contribution in [0.2, 0.25) is 0 Å². The van der Waals surface area contributed by atoms with Crippen LogP contribution in [0, 0.1) is 0 Å². The van der Waals surface area contributed by atoms with Crippen molar-refractivity contribution in [3.8, 4) is 0 Å². The molecule has 0 aromatic rings. The Balaban J connectivity index is 0. The molecule has 0 aromatic heterocycles. The third kappa shape index (κ3) is 10.8. The maximum Gasteiger partial charge on any atom is 0.341 e. The fraction of sp³-hybridized carbons (Fsp3) is 1.00. The summed E-state index contributed by atoms with van der Waals surface area (Å²) < 4.78 is 13.3. The van der Waals surface area contributed by atoms with Crippen LogP contribution in [-0.4, -0.2) is 11.6 Å². The lowest BCUT2D eigenvalue weighted by molar-refractivity contribution is 0.273. The zero-order valence-electron chi connectivity index (χ0n) is 3.70. The Labute approximate surface area is 51.9 Å². The van der Waals surface area contributed by atoms with E-state index >= 15 is 0 Å². The Morgan fingerprint density at radius 3 is 2.00 bits per heavy atom. The fourth-order valence-electron chi connectivity index (χ4n) is 0. The van der Waals surface area contributed by atoms with Gasteiger partial charge < -0.3 is 4.89 Å². The highest BCUT2D eigenvalue weighted by Gasteiger charge is 2.04. The number of rotatable bonds is 1. The van der Waals surface area contributed by atoms with Crippen molar-refractivity contribution in [2.75, 3.05) is 6.66 Å². The number of halogens is 1. The monoisotopic (exact) mass is 191 g/mol. The summed E-state index contributed by atoms with van der Waals surface area (Å²) >= 11 is 0. The molecule has 6 heteroatoms. The molecule has 0 amide bonds. The van der Waals surface area contributed by atoms with Gasteiger partial charge in [0.05, 0.1) is 0 Å². The summed E-state index contributed by atoms with van der Waals surface area (Å²) in [7, 11) is -3.37.